The zero-order valence-electron chi connectivity index (χ0n) is 11.8. The Bertz CT molecular complexity index is 772. The molecule has 0 saturated heterocycles. The molecule has 0 unspecified atom stereocenters. The van der Waals surface area contributed by atoms with Crippen LogP contribution in [-0.2, 0) is 4.74 Å². The second kappa shape index (κ2) is 6.97. The van der Waals surface area contributed by atoms with Gasteiger partial charge in [0.05, 0.1) is 17.6 Å². The number of rotatable bonds is 6. The number of esters is 1. The standard InChI is InChI=1S/C14H10FNO6S/c1-21-11-3-2-8(15)6-9(11)10(17)7-22-14(18)12-4-5-13(23-12)16(19)20/h2-6H,7H2,1H3. The van der Waals surface area contributed by atoms with Crippen LogP contribution in [0.1, 0.15) is 20.0 Å². The van der Waals surface area contributed by atoms with Gasteiger partial charge in [0.2, 0.25) is 5.78 Å². The summed E-state index contributed by atoms with van der Waals surface area (Å²) < 4.78 is 22.9. The van der Waals surface area contributed by atoms with Gasteiger partial charge in [-0.1, -0.05) is 11.3 Å². The van der Waals surface area contributed by atoms with E-state index in [2.05, 4.69) is 0 Å². The summed E-state index contributed by atoms with van der Waals surface area (Å²) in [5.74, 6) is -2.00. The van der Waals surface area contributed by atoms with Crippen molar-refractivity contribution in [2.45, 2.75) is 0 Å². The van der Waals surface area contributed by atoms with Crippen molar-refractivity contribution in [3.63, 3.8) is 0 Å². The zero-order chi connectivity index (χ0) is 17.0. The summed E-state index contributed by atoms with van der Waals surface area (Å²) in [6.07, 6.45) is 0. The molecule has 0 fully saturated rings. The van der Waals surface area contributed by atoms with E-state index in [0.717, 1.165) is 12.1 Å². The molecule has 0 atom stereocenters. The Labute approximate surface area is 133 Å². The van der Waals surface area contributed by atoms with Gasteiger partial charge in [-0.3, -0.25) is 14.9 Å². The van der Waals surface area contributed by atoms with E-state index in [9.17, 15) is 24.1 Å². The summed E-state index contributed by atoms with van der Waals surface area (Å²) in [6.45, 7) is -0.635. The maximum Gasteiger partial charge on any atom is 0.349 e. The highest BCUT2D eigenvalue weighted by Gasteiger charge is 2.19. The lowest BCUT2D eigenvalue weighted by molar-refractivity contribution is -0.380. The van der Waals surface area contributed by atoms with Gasteiger partial charge in [0.1, 0.15) is 16.4 Å². The van der Waals surface area contributed by atoms with E-state index in [1.165, 1.54) is 25.3 Å². The van der Waals surface area contributed by atoms with Crippen LogP contribution in [0, 0.1) is 15.9 Å². The molecule has 120 valence electrons. The van der Waals surface area contributed by atoms with Crippen molar-refractivity contribution in [1.82, 2.24) is 0 Å². The van der Waals surface area contributed by atoms with Crippen LogP contribution in [0.3, 0.4) is 0 Å². The van der Waals surface area contributed by atoms with Crippen LogP contribution in [0.15, 0.2) is 30.3 Å². The number of hydrogen-bond donors (Lipinski definition) is 0. The van der Waals surface area contributed by atoms with Gasteiger partial charge in [-0.25, -0.2) is 9.18 Å². The maximum absolute atomic E-state index is 13.2. The Morgan fingerprint density at radius 3 is 2.65 bits per heavy atom. The molecule has 0 aliphatic heterocycles. The van der Waals surface area contributed by atoms with Gasteiger partial charge in [-0.2, -0.15) is 0 Å². The topological polar surface area (TPSA) is 95.7 Å². The van der Waals surface area contributed by atoms with Crippen LogP contribution in [-0.4, -0.2) is 30.4 Å². The fourth-order valence-electron chi connectivity index (χ4n) is 1.71. The van der Waals surface area contributed by atoms with Gasteiger partial charge in [-0.05, 0) is 24.3 Å². The molecule has 1 aromatic heterocycles. The van der Waals surface area contributed by atoms with Gasteiger partial charge < -0.3 is 9.47 Å². The largest absolute Gasteiger partial charge is 0.496 e. The van der Waals surface area contributed by atoms with Crippen LogP contribution in [0.5, 0.6) is 5.75 Å². The first-order valence-corrected chi connectivity index (χ1v) is 7.02. The summed E-state index contributed by atoms with van der Waals surface area (Å²) in [5.41, 5.74) is -0.0579. The van der Waals surface area contributed by atoms with Gasteiger partial charge >= 0.3 is 11.0 Å². The summed E-state index contributed by atoms with van der Waals surface area (Å²) in [7, 11) is 1.32. The monoisotopic (exact) mass is 339 g/mol. The molecule has 0 aliphatic rings. The second-order valence-corrected chi connectivity index (χ2v) is 5.30. The molecule has 0 N–H and O–H groups in total. The molecule has 23 heavy (non-hydrogen) atoms. The van der Waals surface area contributed by atoms with Crippen molar-refractivity contribution in [3.05, 3.63) is 56.7 Å². The predicted molar refractivity (Wildman–Crippen MR) is 78.5 cm³/mol. The smallest absolute Gasteiger partial charge is 0.349 e. The van der Waals surface area contributed by atoms with Gasteiger partial charge in [0, 0.05) is 6.07 Å². The number of thiophene rings is 1. The van der Waals surface area contributed by atoms with Crippen LogP contribution in [0.4, 0.5) is 9.39 Å². The summed E-state index contributed by atoms with van der Waals surface area (Å²) in [5, 5.41) is 10.3. The van der Waals surface area contributed by atoms with E-state index in [-0.39, 0.29) is 21.2 Å². The normalized spacial score (nSPS) is 10.2. The second-order valence-electron chi connectivity index (χ2n) is 4.24. The number of ketones is 1. The van der Waals surface area contributed by atoms with Crippen molar-refractivity contribution in [3.8, 4) is 5.75 Å². The van der Waals surface area contributed by atoms with Crippen LogP contribution in [0.25, 0.3) is 0 Å². The van der Waals surface area contributed by atoms with Gasteiger partial charge in [0.25, 0.3) is 0 Å². The number of halogens is 1. The third-order valence-electron chi connectivity index (χ3n) is 2.77. The number of Topliss-reactive ketones (excluding diaryl/α,β-unsaturated/α-hetero) is 1. The Morgan fingerprint density at radius 2 is 2.04 bits per heavy atom. The van der Waals surface area contributed by atoms with Crippen molar-refractivity contribution in [1.29, 1.82) is 0 Å². The van der Waals surface area contributed by atoms with Gasteiger partial charge in [-0.15, -0.1) is 0 Å². The first-order chi connectivity index (χ1) is 10.9. The lowest BCUT2D eigenvalue weighted by Crippen LogP contribution is -2.14. The fourth-order valence-corrected chi connectivity index (χ4v) is 2.43. The third kappa shape index (κ3) is 3.89. The molecule has 2 aromatic rings. The first kappa shape index (κ1) is 16.6. The average molecular weight is 339 g/mol. The third-order valence-corrected chi connectivity index (χ3v) is 3.79. The molecule has 7 nitrogen and oxygen atoms in total. The summed E-state index contributed by atoms with van der Waals surface area (Å²) in [6, 6.07) is 5.79. The Hall–Kier alpha value is -2.81. The van der Waals surface area contributed by atoms with E-state index in [1.807, 2.05) is 0 Å². The van der Waals surface area contributed by atoms with E-state index < -0.39 is 29.1 Å². The molecule has 0 saturated carbocycles. The lowest BCUT2D eigenvalue weighted by Gasteiger charge is -2.08. The molecule has 0 bridgehead atoms. The number of nitro groups is 1. The SMILES string of the molecule is COc1ccc(F)cc1C(=O)COC(=O)c1ccc([N+](=O)[O-])s1. The minimum absolute atomic E-state index is 0.00397. The number of methoxy groups -OCH3 is 1. The number of carbonyl (C=O) groups is 2. The highest BCUT2D eigenvalue weighted by atomic mass is 32.1. The lowest BCUT2D eigenvalue weighted by atomic mass is 10.1. The van der Waals surface area contributed by atoms with E-state index in [4.69, 9.17) is 9.47 Å². The number of benzene rings is 1. The minimum atomic E-state index is -0.869. The van der Waals surface area contributed by atoms with Crippen LogP contribution in [0.2, 0.25) is 0 Å². The molecule has 1 aromatic carbocycles. The molecular formula is C14H10FNO6S. The van der Waals surface area contributed by atoms with Crippen molar-refractivity contribution in [2.75, 3.05) is 13.7 Å². The molecule has 0 radical (unpaired) electrons. The van der Waals surface area contributed by atoms with E-state index in [1.54, 1.807) is 0 Å². The zero-order valence-corrected chi connectivity index (χ0v) is 12.6. The van der Waals surface area contributed by atoms with Crippen molar-refractivity contribution >= 4 is 28.1 Å². The average Bonchev–Trinajstić information content (AvgIpc) is 3.02. The maximum atomic E-state index is 13.2. The first-order valence-electron chi connectivity index (χ1n) is 6.20. The molecule has 2 rings (SSSR count). The van der Waals surface area contributed by atoms with Crippen LogP contribution >= 0.6 is 11.3 Å². The highest BCUT2D eigenvalue weighted by Crippen LogP contribution is 2.25. The van der Waals surface area contributed by atoms with Crippen molar-refractivity contribution < 1.29 is 28.4 Å². The summed E-state index contributed by atoms with van der Waals surface area (Å²) in [4.78, 5) is 33.7. The number of carbonyl (C=O) groups excluding carboxylic acids is 2. The summed E-state index contributed by atoms with van der Waals surface area (Å²) >= 11 is 0.637. The molecule has 0 amide bonds. The minimum Gasteiger partial charge on any atom is -0.496 e. The molecule has 9 heteroatoms. The van der Waals surface area contributed by atoms with Crippen LogP contribution < -0.4 is 4.74 Å². The number of hydrogen-bond acceptors (Lipinski definition) is 7. The quantitative estimate of drug-likeness (QED) is 0.347. The van der Waals surface area contributed by atoms with E-state index in [0.29, 0.717) is 11.3 Å². The molecule has 0 spiro atoms. The highest BCUT2D eigenvalue weighted by molar-refractivity contribution is 7.17. The predicted octanol–water partition coefficient (Wildman–Crippen LogP) is 2.84. The molecule has 1 heterocycles. The number of nitrogens with zero attached hydrogens (tertiary/aromatic N) is 1. The molecule has 0 aliphatic carbocycles. The van der Waals surface area contributed by atoms with Gasteiger partial charge in [0.15, 0.2) is 6.61 Å². The van der Waals surface area contributed by atoms with Crippen molar-refractivity contribution in [2.24, 2.45) is 0 Å². The van der Waals surface area contributed by atoms with E-state index >= 15 is 0 Å². The number of ether oxygens (including phenoxy) is 2. The Kier molecular flexibility index (Phi) is 5.02. The Balaban J connectivity index is 2.05. The Morgan fingerprint density at radius 1 is 1.30 bits per heavy atom. The molecular weight excluding hydrogens is 329 g/mol. The fraction of sp³-hybridized carbons (Fsp3) is 0.143.